The average molecular weight is 198 g/mol. The van der Waals surface area contributed by atoms with Gasteiger partial charge < -0.3 is 15.7 Å². The summed E-state index contributed by atoms with van der Waals surface area (Å²) >= 11 is 0. The number of aliphatic hydroxyl groups excluding tert-OH is 1. The first-order valence-electron chi connectivity index (χ1n) is 6.01. The average Bonchev–Trinajstić information content (AvgIpc) is 2.44. The Labute approximate surface area is 86.3 Å². The second-order valence-corrected chi connectivity index (χ2v) is 4.65. The van der Waals surface area contributed by atoms with Gasteiger partial charge in [-0.2, -0.15) is 0 Å². The molecule has 0 bridgehead atoms. The highest BCUT2D eigenvalue weighted by molar-refractivity contribution is 4.86. The molecule has 1 saturated heterocycles. The molecule has 0 aromatic rings. The molecule has 2 fully saturated rings. The molecule has 82 valence electrons. The second kappa shape index (κ2) is 5.10. The number of nitrogens with one attached hydrogen (secondary N) is 2. The number of aliphatic hydroxyl groups is 1. The summed E-state index contributed by atoms with van der Waals surface area (Å²) in [5, 5.41) is 16.7. The van der Waals surface area contributed by atoms with E-state index >= 15 is 0 Å². The van der Waals surface area contributed by atoms with Gasteiger partial charge in [0, 0.05) is 12.1 Å². The van der Waals surface area contributed by atoms with Crippen molar-refractivity contribution in [3.8, 4) is 0 Å². The van der Waals surface area contributed by atoms with Crippen LogP contribution in [-0.2, 0) is 0 Å². The Hall–Kier alpha value is -0.120. The van der Waals surface area contributed by atoms with Crippen LogP contribution in [0.1, 0.15) is 38.5 Å². The van der Waals surface area contributed by atoms with E-state index in [2.05, 4.69) is 10.6 Å². The van der Waals surface area contributed by atoms with E-state index in [-0.39, 0.29) is 6.10 Å². The predicted octanol–water partition coefficient (Wildman–Crippen LogP) is 0.632. The summed E-state index contributed by atoms with van der Waals surface area (Å²) in [6, 6.07) is 1.00. The van der Waals surface area contributed by atoms with Crippen LogP contribution in [0.15, 0.2) is 0 Å². The zero-order valence-corrected chi connectivity index (χ0v) is 8.84. The van der Waals surface area contributed by atoms with Crippen molar-refractivity contribution in [2.75, 3.05) is 13.1 Å². The Morgan fingerprint density at radius 1 is 1.00 bits per heavy atom. The summed E-state index contributed by atoms with van der Waals surface area (Å²) in [4.78, 5) is 0. The molecule has 2 aliphatic rings. The van der Waals surface area contributed by atoms with E-state index in [1.54, 1.807) is 0 Å². The van der Waals surface area contributed by atoms with Gasteiger partial charge in [0.15, 0.2) is 0 Å². The molecule has 1 aliphatic carbocycles. The molecule has 3 heteroatoms. The van der Waals surface area contributed by atoms with Gasteiger partial charge in [-0.15, -0.1) is 0 Å². The Kier molecular flexibility index (Phi) is 3.79. The Morgan fingerprint density at radius 2 is 1.93 bits per heavy atom. The van der Waals surface area contributed by atoms with Crippen molar-refractivity contribution in [3.63, 3.8) is 0 Å². The van der Waals surface area contributed by atoms with Gasteiger partial charge >= 0.3 is 0 Å². The minimum absolute atomic E-state index is 0.0915. The van der Waals surface area contributed by atoms with E-state index in [1.165, 1.54) is 25.7 Å². The maximum Gasteiger partial charge on any atom is 0.0693 e. The molecular weight excluding hydrogens is 176 g/mol. The van der Waals surface area contributed by atoms with Crippen LogP contribution < -0.4 is 10.6 Å². The zero-order valence-electron chi connectivity index (χ0n) is 8.84. The van der Waals surface area contributed by atoms with Crippen molar-refractivity contribution in [2.45, 2.75) is 56.7 Å². The molecule has 1 aliphatic heterocycles. The summed E-state index contributed by atoms with van der Waals surface area (Å²) in [6.45, 7) is 2.28. The Morgan fingerprint density at radius 3 is 2.71 bits per heavy atom. The van der Waals surface area contributed by atoms with Crippen molar-refractivity contribution >= 4 is 0 Å². The van der Waals surface area contributed by atoms with E-state index in [9.17, 15) is 5.11 Å². The lowest BCUT2D eigenvalue weighted by atomic mass is 10.1. The fourth-order valence-electron chi connectivity index (χ4n) is 2.62. The van der Waals surface area contributed by atoms with Crippen molar-refractivity contribution in [1.82, 2.24) is 10.6 Å². The standard InChI is InChI=1S/C11H22N2O/c14-11-5-1-4-10(11)13-9-3-2-7-12-8-6-9/h9-14H,1-8H2. The summed E-state index contributed by atoms with van der Waals surface area (Å²) < 4.78 is 0. The molecule has 0 amide bonds. The largest absolute Gasteiger partial charge is 0.392 e. The molecule has 3 nitrogen and oxygen atoms in total. The van der Waals surface area contributed by atoms with Crippen LogP contribution in [0.25, 0.3) is 0 Å². The van der Waals surface area contributed by atoms with Crippen molar-refractivity contribution in [3.05, 3.63) is 0 Å². The summed E-state index contributed by atoms with van der Waals surface area (Å²) in [5.74, 6) is 0. The van der Waals surface area contributed by atoms with Crippen LogP contribution in [-0.4, -0.2) is 36.4 Å². The lowest BCUT2D eigenvalue weighted by molar-refractivity contribution is 0.141. The quantitative estimate of drug-likeness (QED) is 0.610. The summed E-state index contributed by atoms with van der Waals surface area (Å²) in [5.41, 5.74) is 0. The summed E-state index contributed by atoms with van der Waals surface area (Å²) in [7, 11) is 0. The first-order valence-corrected chi connectivity index (χ1v) is 6.01. The van der Waals surface area contributed by atoms with Crippen molar-refractivity contribution < 1.29 is 5.11 Å². The first kappa shape index (κ1) is 10.4. The van der Waals surface area contributed by atoms with E-state index in [4.69, 9.17) is 0 Å². The Bertz CT molecular complexity index is 167. The van der Waals surface area contributed by atoms with Gasteiger partial charge in [-0.05, 0) is 51.6 Å². The van der Waals surface area contributed by atoms with Gasteiger partial charge in [0.1, 0.15) is 0 Å². The number of hydrogen-bond acceptors (Lipinski definition) is 3. The van der Waals surface area contributed by atoms with E-state index < -0.39 is 0 Å². The number of rotatable bonds is 2. The molecule has 0 spiro atoms. The molecule has 0 radical (unpaired) electrons. The maximum absolute atomic E-state index is 9.71. The van der Waals surface area contributed by atoms with E-state index in [0.717, 1.165) is 25.9 Å². The fraction of sp³-hybridized carbons (Fsp3) is 1.00. The van der Waals surface area contributed by atoms with Gasteiger partial charge in [0.2, 0.25) is 0 Å². The van der Waals surface area contributed by atoms with E-state index in [1.807, 2.05) is 0 Å². The lowest BCUT2D eigenvalue weighted by Crippen LogP contribution is -2.42. The number of hydrogen-bond donors (Lipinski definition) is 3. The van der Waals surface area contributed by atoms with Crippen LogP contribution in [0.2, 0.25) is 0 Å². The fourth-order valence-corrected chi connectivity index (χ4v) is 2.62. The molecule has 1 heterocycles. The van der Waals surface area contributed by atoms with Crippen molar-refractivity contribution in [2.24, 2.45) is 0 Å². The molecule has 14 heavy (non-hydrogen) atoms. The summed E-state index contributed by atoms with van der Waals surface area (Å²) in [6.07, 6.45) is 6.98. The van der Waals surface area contributed by atoms with E-state index in [0.29, 0.717) is 12.1 Å². The van der Waals surface area contributed by atoms with Gasteiger partial charge in [-0.1, -0.05) is 0 Å². The molecule has 3 unspecified atom stereocenters. The van der Waals surface area contributed by atoms with Gasteiger partial charge in [-0.3, -0.25) is 0 Å². The molecule has 3 atom stereocenters. The third-order valence-corrected chi connectivity index (χ3v) is 3.50. The molecule has 2 rings (SSSR count). The second-order valence-electron chi connectivity index (χ2n) is 4.65. The monoisotopic (exact) mass is 198 g/mol. The molecular formula is C11H22N2O. The SMILES string of the molecule is OC1CCCC1NC1CCCNCC1. The zero-order chi connectivity index (χ0) is 9.80. The van der Waals surface area contributed by atoms with Gasteiger partial charge in [-0.25, -0.2) is 0 Å². The molecule has 1 saturated carbocycles. The highest BCUT2D eigenvalue weighted by Gasteiger charge is 2.27. The Balaban J connectivity index is 1.77. The highest BCUT2D eigenvalue weighted by Crippen LogP contribution is 2.20. The van der Waals surface area contributed by atoms with Crippen LogP contribution in [0, 0.1) is 0 Å². The normalized spacial score (nSPS) is 39.6. The minimum atomic E-state index is -0.0915. The topological polar surface area (TPSA) is 44.3 Å². The molecule has 0 aromatic heterocycles. The molecule has 0 aromatic carbocycles. The smallest absolute Gasteiger partial charge is 0.0693 e. The molecule has 3 N–H and O–H groups in total. The van der Waals surface area contributed by atoms with Crippen LogP contribution >= 0.6 is 0 Å². The third kappa shape index (κ3) is 2.69. The maximum atomic E-state index is 9.71. The van der Waals surface area contributed by atoms with Crippen molar-refractivity contribution in [1.29, 1.82) is 0 Å². The first-order chi connectivity index (χ1) is 6.86. The van der Waals surface area contributed by atoms with Crippen LogP contribution in [0.3, 0.4) is 0 Å². The van der Waals surface area contributed by atoms with Gasteiger partial charge in [0.05, 0.1) is 6.10 Å². The lowest BCUT2D eigenvalue weighted by Gasteiger charge is -2.23. The van der Waals surface area contributed by atoms with Crippen LogP contribution in [0.5, 0.6) is 0 Å². The van der Waals surface area contributed by atoms with Gasteiger partial charge in [0.25, 0.3) is 0 Å². The third-order valence-electron chi connectivity index (χ3n) is 3.50. The van der Waals surface area contributed by atoms with Crippen LogP contribution in [0.4, 0.5) is 0 Å². The minimum Gasteiger partial charge on any atom is -0.392 e. The predicted molar refractivity (Wildman–Crippen MR) is 57.3 cm³/mol. The highest BCUT2D eigenvalue weighted by atomic mass is 16.3.